The van der Waals surface area contributed by atoms with Crippen LogP contribution in [-0.2, 0) is 11.3 Å². The molecule has 2 rings (SSSR count). The van der Waals surface area contributed by atoms with Gasteiger partial charge in [0, 0.05) is 0 Å². The van der Waals surface area contributed by atoms with Gasteiger partial charge in [-0.25, -0.2) is 12.9 Å². The van der Waals surface area contributed by atoms with Crippen molar-refractivity contribution in [3.63, 3.8) is 0 Å². The van der Waals surface area contributed by atoms with E-state index in [0.717, 1.165) is 9.87 Å². The topological polar surface area (TPSA) is 40.5 Å². The second kappa shape index (κ2) is 5.69. The first kappa shape index (κ1) is 14.0. The Labute approximate surface area is 118 Å². The van der Waals surface area contributed by atoms with E-state index < -0.39 is 17.1 Å². The third kappa shape index (κ3) is 2.78. The monoisotopic (exact) mass is 299 g/mol. The number of anilines is 2. The molecule has 1 N–H and O–H groups in total. The highest BCUT2D eigenvalue weighted by Crippen LogP contribution is 2.33. The van der Waals surface area contributed by atoms with Crippen LogP contribution in [0.25, 0.3) is 0 Å². The first-order chi connectivity index (χ1) is 9.02. The molecule has 0 aliphatic heterocycles. The second-order valence-corrected chi connectivity index (χ2v) is 5.12. The maximum Gasteiger partial charge on any atom is 0.266 e. The van der Waals surface area contributed by atoms with Crippen LogP contribution in [0.15, 0.2) is 42.5 Å². The minimum atomic E-state index is -2.40. The molecule has 0 saturated carbocycles. The molecule has 0 aromatic heterocycles. The van der Waals surface area contributed by atoms with Gasteiger partial charge in [-0.15, -0.1) is 0 Å². The largest absolute Gasteiger partial charge is 0.289 e. The van der Waals surface area contributed by atoms with Gasteiger partial charge in [0.25, 0.3) is 11.3 Å². The van der Waals surface area contributed by atoms with Crippen molar-refractivity contribution in [3.05, 3.63) is 58.9 Å². The highest BCUT2D eigenvalue weighted by Gasteiger charge is 2.21. The van der Waals surface area contributed by atoms with Crippen LogP contribution in [0.2, 0.25) is 5.02 Å². The van der Waals surface area contributed by atoms with Crippen LogP contribution in [-0.4, -0.2) is 8.76 Å². The van der Waals surface area contributed by atoms with Crippen molar-refractivity contribution < 1.29 is 13.2 Å². The number of aryl methyl sites for hydroxylation is 1. The van der Waals surface area contributed by atoms with Crippen molar-refractivity contribution in [1.82, 2.24) is 0 Å². The van der Waals surface area contributed by atoms with Gasteiger partial charge in [-0.1, -0.05) is 35.9 Å². The number of nitrogens with zero attached hydrogens (tertiary/aromatic N) is 1. The molecule has 0 spiro atoms. The Morgan fingerprint density at radius 2 is 1.79 bits per heavy atom. The van der Waals surface area contributed by atoms with Crippen LogP contribution in [0.1, 0.15) is 5.56 Å². The molecule has 100 valence electrons. The summed E-state index contributed by atoms with van der Waals surface area (Å²) >= 11 is 3.31. The SMILES string of the molecule is Cc1ccccc1N(c1cccc(Cl)c1F)S(=O)O. The van der Waals surface area contributed by atoms with E-state index in [9.17, 15) is 13.2 Å². The lowest BCUT2D eigenvalue weighted by molar-refractivity contribution is 0.562. The quantitative estimate of drug-likeness (QED) is 0.868. The molecule has 6 heteroatoms. The van der Waals surface area contributed by atoms with Crippen LogP contribution in [0.5, 0.6) is 0 Å². The fraction of sp³-hybridized carbons (Fsp3) is 0.0769. The van der Waals surface area contributed by atoms with E-state index in [2.05, 4.69) is 0 Å². The van der Waals surface area contributed by atoms with Crippen LogP contribution in [0.4, 0.5) is 15.8 Å². The van der Waals surface area contributed by atoms with Crippen LogP contribution < -0.4 is 4.31 Å². The number of halogens is 2. The van der Waals surface area contributed by atoms with Crippen LogP contribution >= 0.6 is 11.6 Å². The number of hydrogen-bond donors (Lipinski definition) is 1. The van der Waals surface area contributed by atoms with E-state index in [1.54, 1.807) is 31.2 Å². The molecular weight excluding hydrogens is 289 g/mol. The molecule has 3 nitrogen and oxygen atoms in total. The third-order valence-electron chi connectivity index (χ3n) is 2.64. The van der Waals surface area contributed by atoms with Crippen molar-refractivity contribution >= 4 is 34.2 Å². The van der Waals surface area contributed by atoms with E-state index in [4.69, 9.17) is 11.6 Å². The highest BCUT2D eigenvalue weighted by atomic mass is 35.5. The Kier molecular flexibility index (Phi) is 4.19. The van der Waals surface area contributed by atoms with Gasteiger partial charge in [-0.05, 0) is 30.7 Å². The Morgan fingerprint density at radius 3 is 2.42 bits per heavy atom. The zero-order valence-corrected chi connectivity index (χ0v) is 11.6. The molecule has 0 radical (unpaired) electrons. The summed E-state index contributed by atoms with van der Waals surface area (Å²) in [4.78, 5) is 0. The van der Waals surface area contributed by atoms with Crippen molar-refractivity contribution in [2.45, 2.75) is 6.92 Å². The Morgan fingerprint density at radius 1 is 1.16 bits per heavy atom. The number of benzene rings is 2. The lowest BCUT2D eigenvalue weighted by Crippen LogP contribution is -2.21. The molecule has 1 atom stereocenters. The van der Waals surface area contributed by atoms with Gasteiger partial charge in [0.1, 0.15) is 0 Å². The number of rotatable bonds is 3. The number of hydrogen-bond acceptors (Lipinski definition) is 1. The molecule has 2 aromatic carbocycles. The van der Waals surface area contributed by atoms with Gasteiger partial charge < -0.3 is 0 Å². The Balaban J connectivity index is 2.62. The van der Waals surface area contributed by atoms with Gasteiger partial charge in [0.05, 0.1) is 16.4 Å². The highest BCUT2D eigenvalue weighted by molar-refractivity contribution is 7.81. The fourth-order valence-corrected chi connectivity index (χ4v) is 2.59. The van der Waals surface area contributed by atoms with Crippen LogP contribution in [0.3, 0.4) is 0 Å². The van der Waals surface area contributed by atoms with Crippen molar-refractivity contribution in [1.29, 1.82) is 0 Å². The molecule has 2 aromatic rings. The molecular formula is C13H11ClFNO2S. The summed E-state index contributed by atoms with van der Waals surface area (Å²) < 4.78 is 36.0. The summed E-state index contributed by atoms with van der Waals surface area (Å²) in [7, 11) is 0. The van der Waals surface area contributed by atoms with Gasteiger partial charge in [0.15, 0.2) is 5.82 Å². The summed E-state index contributed by atoms with van der Waals surface area (Å²) in [6, 6.07) is 11.2. The lowest BCUT2D eigenvalue weighted by Gasteiger charge is -2.22. The first-order valence-corrected chi connectivity index (χ1v) is 6.87. The van der Waals surface area contributed by atoms with Gasteiger partial charge in [0.2, 0.25) is 0 Å². The Hall–Kier alpha value is -1.43. The molecule has 0 amide bonds. The maximum absolute atomic E-state index is 14.0. The minimum Gasteiger partial charge on any atom is -0.289 e. The van der Waals surface area contributed by atoms with Gasteiger partial charge >= 0.3 is 0 Å². The summed E-state index contributed by atoms with van der Waals surface area (Å²) in [5.74, 6) is -0.727. The molecule has 0 aliphatic rings. The molecule has 0 aliphatic carbocycles. The predicted molar refractivity (Wildman–Crippen MR) is 75.5 cm³/mol. The van der Waals surface area contributed by atoms with Gasteiger partial charge in [-0.2, -0.15) is 0 Å². The third-order valence-corrected chi connectivity index (χ3v) is 3.64. The summed E-state index contributed by atoms with van der Waals surface area (Å²) in [5.41, 5.74) is 1.16. The van der Waals surface area contributed by atoms with Crippen molar-refractivity contribution in [2.24, 2.45) is 0 Å². The zero-order valence-electron chi connectivity index (χ0n) is 10.0. The van der Waals surface area contributed by atoms with E-state index in [1.807, 2.05) is 0 Å². The first-order valence-electron chi connectivity index (χ1n) is 5.43. The van der Waals surface area contributed by atoms with Crippen LogP contribution in [0, 0.1) is 12.7 Å². The van der Waals surface area contributed by atoms with E-state index in [0.29, 0.717) is 5.69 Å². The second-order valence-electron chi connectivity index (χ2n) is 3.88. The predicted octanol–water partition coefficient (Wildman–Crippen LogP) is 4.06. The fourth-order valence-electron chi connectivity index (χ4n) is 1.74. The maximum atomic E-state index is 14.0. The standard InChI is InChI=1S/C13H11ClFNO2S/c1-9-5-2-3-7-11(9)16(19(17)18)12-8-4-6-10(14)13(12)15/h2-8H,1H3,(H,17,18). The smallest absolute Gasteiger partial charge is 0.266 e. The average molecular weight is 300 g/mol. The summed E-state index contributed by atoms with van der Waals surface area (Å²) in [6.45, 7) is 1.78. The average Bonchev–Trinajstić information content (AvgIpc) is 2.37. The van der Waals surface area contributed by atoms with E-state index >= 15 is 0 Å². The minimum absolute atomic E-state index is 0.0392. The lowest BCUT2D eigenvalue weighted by atomic mass is 10.2. The number of para-hydroxylation sites is 1. The molecule has 0 bridgehead atoms. The van der Waals surface area contributed by atoms with E-state index in [1.165, 1.54) is 18.2 Å². The normalized spacial score (nSPS) is 12.2. The van der Waals surface area contributed by atoms with Crippen molar-refractivity contribution in [3.8, 4) is 0 Å². The van der Waals surface area contributed by atoms with Gasteiger partial charge in [-0.3, -0.25) is 4.55 Å². The molecule has 0 saturated heterocycles. The summed E-state index contributed by atoms with van der Waals surface area (Å²) in [6.07, 6.45) is 0. The molecule has 0 fully saturated rings. The molecule has 0 heterocycles. The zero-order chi connectivity index (χ0) is 14.0. The molecule has 19 heavy (non-hydrogen) atoms. The summed E-state index contributed by atoms with van der Waals surface area (Å²) in [5, 5.41) is -0.0958. The van der Waals surface area contributed by atoms with E-state index in [-0.39, 0.29) is 10.7 Å². The molecule has 1 unspecified atom stereocenters. The Bertz CT molecular complexity index is 636. The van der Waals surface area contributed by atoms with Crippen molar-refractivity contribution in [2.75, 3.05) is 4.31 Å².